The molecular formula is C16H6F12. The molecule has 0 nitrogen and oxygen atoms in total. The Kier molecular flexibility index (Phi) is 5.15. The van der Waals surface area contributed by atoms with Gasteiger partial charge in [0.15, 0.2) is 0 Å². The van der Waals surface area contributed by atoms with Crippen LogP contribution in [0.1, 0.15) is 22.3 Å². The van der Waals surface area contributed by atoms with E-state index in [-0.39, 0.29) is 24.3 Å². The van der Waals surface area contributed by atoms with Crippen molar-refractivity contribution >= 4 is 0 Å². The van der Waals surface area contributed by atoms with Gasteiger partial charge in [-0.15, -0.1) is 0 Å². The fourth-order valence-electron chi connectivity index (χ4n) is 2.64. The second kappa shape index (κ2) is 6.59. The van der Waals surface area contributed by atoms with E-state index in [4.69, 9.17) is 0 Å². The van der Waals surface area contributed by atoms with Crippen LogP contribution in [-0.2, 0) is 24.7 Å². The van der Waals surface area contributed by atoms with E-state index in [0.717, 1.165) is 0 Å². The number of rotatable bonds is 1. The third kappa shape index (κ3) is 4.20. The van der Waals surface area contributed by atoms with Gasteiger partial charge in [0.25, 0.3) is 0 Å². The van der Waals surface area contributed by atoms with E-state index in [2.05, 4.69) is 0 Å². The Morgan fingerprint density at radius 2 is 0.679 bits per heavy atom. The Balaban J connectivity index is 3.02. The van der Waals surface area contributed by atoms with Crippen LogP contribution < -0.4 is 0 Å². The predicted molar refractivity (Wildman–Crippen MR) is 71.9 cm³/mol. The first-order chi connectivity index (χ1) is 12.5. The first-order valence-electron chi connectivity index (χ1n) is 7.01. The summed E-state index contributed by atoms with van der Waals surface area (Å²) in [4.78, 5) is 0. The van der Waals surface area contributed by atoms with E-state index >= 15 is 0 Å². The van der Waals surface area contributed by atoms with Crippen LogP contribution in [0.15, 0.2) is 36.4 Å². The van der Waals surface area contributed by atoms with Crippen LogP contribution in [0.4, 0.5) is 52.7 Å². The van der Waals surface area contributed by atoms with Crippen molar-refractivity contribution < 1.29 is 52.7 Å². The molecule has 2 rings (SSSR count). The van der Waals surface area contributed by atoms with Gasteiger partial charge in [-0.25, -0.2) is 0 Å². The number of hydrogen-bond donors (Lipinski definition) is 0. The quantitative estimate of drug-likeness (QED) is 0.416. The highest BCUT2D eigenvalue weighted by atomic mass is 19.4. The van der Waals surface area contributed by atoms with Crippen molar-refractivity contribution in [3.63, 3.8) is 0 Å². The van der Waals surface area contributed by atoms with E-state index in [1.807, 2.05) is 0 Å². The van der Waals surface area contributed by atoms with Crippen molar-refractivity contribution in [2.75, 3.05) is 0 Å². The number of benzene rings is 2. The minimum atomic E-state index is -5.79. The summed E-state index contributed by atoms with van der Waals surface area (Å²) in [6.45, 7) is 0. The second-order valence-electron chi connectivity index (χ2n) is 5.45. The first-order valence-corrected chi connectivity index (χ1v) is 7.01. The molecule has 0 unspecified atom stereocenters. The Hall–Kier alpha value is -2.40. The lowest BCUT2D eigenvalue weighted by atomic mass is 9.89. The molecule has 0 fully saturated rings. The first kappa shape index (κ1) is 21.9. The van der Waals surface area contributed by atoms with E-state index < -0.39 is 58.1 Å². The summed E-state index contributed by atoms with van der Waals surface area (Å²) in [5.74, 6) is 0. The summed E-state index contributed by atoms with van der Waals surface area (Å²) >= 11 is 0. The standard InChI is InChI=1S/C16H6F12/c17-13(18,19)9-5-1-3-7(11(9)15(23,24)25)8-4-2-6-10(14(20,21)22)12(8)16(26,27)28/h1-6H. The number of hydrogen-bond acceptors (Lipinski definition) is 0. The molecule has 0 bridgehead atoms. The highest BCUT2D eigenvalue weighted by molar-refractivity contribution is 5.75. The molecule has 12 heteroatoms. The average Bonchev–Trinajstić information content (AvgIpc) is 2.50. The van der Waals surface area contributed by atoms with Gasteiger partial charge in [-0.05, 0) is 23.3 Å². The molecule has 0 aliphatic rings. The van der Waals surface area contributed by atoms with Crippen LogP contribution in [0.2, 0.25) is 0 Å². The normalized spacial score (nSPS) is 13.7. The minimum absolute atomic E-state index is 0.0206. The molecule has 154 valence electrons. The molecule has 0 heterocycles. The summed E-state index contributed by atoms with van der Waals surface area (Å²) in [6.07, 6.45) is -22.8. The van der Waals surface area contributed by atoms with Crippen LogP contribution in [0.3, 0.4) is 0 Å². The number of halogens is 12. The van der Waals surface area contributed by atoms with Crippen molar-refractivity contribution in [2.24, 2.45) is 0 Å². The topological polar surface area (TPSA) is 0 Å². The smallest absolute Gasteiger partial charge is 0.166 e. The maximum atomic E-state index is 13.3. The van der Waals surface area contributed by atoms with Crippen LogP contribution >= 0.6 is 0 Å². The fraction of sp³-hybridized carbons (Fsp3) is 0.250. The maximum absolute atomic E-state index is 13.3. The van der Waals surface area contributed by atoms with Gasteiger partial charge >= 0.3 is 24.7 Å². The lowest BCUT2D eigenvalue weighted by molar-refractivity contribution is -0.162. The van der Waals surface area contributed by atoms with Crippen molar-refractivity contribution in [2.45, 2.75) is 24.7 Å². The van der Waals surface area contributed by atoms with E-state index in [1.165, 1.54) is 0 Å². The number of alkyl halides is 12. The molecule has 2 aromatic carbocycles. The van der Waals surface area contributed by atoms with Crippen LogP contribution in [0.5, 0.6) is 0 Å². The molecule has 0 atom stereocenters. The summed E-state index contributed by atoms with van der Waals surface area (Å²) in [5.41, 5.74) is -13.0. The zero-order valence-electron chi connectivity index (χ0n) is 13.0. The highest BCUT2D eigenvalue weighted by Crippen LogP contribution is 2.50. The lowest BCUT2D eigenvalue weighted by Crippen LogP contribution is -2.21. The molecule has 0 saturated heterocycles. The molecule has 28 heavy (non-hydrogen) atoms. The predicted octanol–water partition coefficient (Wildman–Crippen LogP) is 7.43. The second-order valence-corrected chi connectivity index (χ2v) is 5.45. The molecule has 0 aliphatic carbocycles. The Labute approximate surface area is 148 Å². The van der Waals surface area contributed by atoms with Gasteiger partial charge in [0.05, 0.1) is 22.3 Å². The van der Waals surface area contributed by atoms with Crippen molar-refractivity contribution in [1.29, 1.82) is 0 Å². The van der Waals surface area contributed by atoms with Crippen LogP contribution in [0, 0.1) is 0 Å². The molecule has 2 aromatic rings. The largest absolute Gasteiger partial charge is 0.417 e. The van der Waals surface area contributed by atoms with Crippen LogP contribution in [-0.4, -0.2) is 0 Å². The van der Waals surface area contributed by atoms with Crippen molar-refractivity contribution in [1.82, 2.24) is 0 Å². The molecule has 0 aliphatic heterocycles. The van der Waals surface area contributed by atoms with Gasteiger partial charge in [-0.2, -0.15) is 52.7 Å². The van der Waals surface area contributed by atoms with Gasteiger partial charge in [0.2, 0.25) is 0 Å². The van der Waals surface area contributed by atoms with Gasteiger partial charge in [-0.1, -0.05) is 24.3 Å². The van der Waals surface area contributed by atoms with Crippen molar-refractivity contribution in [3.8, 4) is 11.1 Å². The summed E-state index contributed by atoms with van der Waals surface area (Å²) in [7, 11) is 0. The molecule has 0 saturated carbocycles. The van der Waals surface area contributed by atoms with Crippen LogP contribution in [0.25, 0.3) is 11.1 Å². The van der Waals surface area contributed by atoms with E-state index in [1.54, 1.807) is 0 Å². The summed E-state index contributed by atoms with van der Waals surface area (Å²) in [5, 5.41) is 0. The Morgan fingerprint density at radius 3 is 0.893 bits per heavy atom. The molecule has 0 amide bonds. The van der Waals surface area contributed by atoms with Crippen molar-refractivity contribution in [3.05, 3.63) is 58.7 Å². The van der Waals surface area contributed by atoms with Gasteiger partial charge in [0, 0.05) is 0 Å². The minimum Gasteiger partial charge on any atom is -0.166 e. The Bertz CT molecular complexity index is 792. The molecule has 0 spiro atoms. The summed E-state index contributed by atoms with van der Waals surface area (Å²) < 4.78 is 158. The molecular weight excluding hydrogens is 420 g/mol. The fourth-order valence-corrected chi connectivity index (χ4v) is 2.64. The third-order valence-corrected chi connectivity index (χ3v) is 3.60. The third-order valence-electron chi connectivity index (χ3n) is 3.60. The lowest BCUT2D eigenvalue weighted by Gasteiger charge is -2.23. The van der Waals surface area contributed by atoms with E-state index in [0.29, 0.717) is 12.1 Å². The SMILES string of the molecule is FC(F)(F)c1cccc(-c2cccc(C(F)(F)F)c2C(F)(F)F)c1C(F)(F)F. The van der Waals surface area contributed by atoms with Gasteiger partial charge in [0.1, 0.15) is 0 Å². The highest BCUT2D eigenvalue weighted by Gasteiger charge is 2.48. The molecule has 0 radical (unpaired) electrons. The molecule has 0 aromatic heterocycles. The monoisotopic (exact) mass is 426 g/mol. The Morgan fingerprint density at radius 1 is 0.393 bits per heavy atom. The maximum Gasteiger partial charge on any atom is 0.417 e. The summed E-state index contributed by atoms with van der Waals surface area (Å²) in [6, 6.07) is 1.23. The average molecular weight is 426 g/mol. The van der Waals surface area contributed by atoms with Gasteiger partial charge < -0.3 is 0 Å². The molecule has 0 N–H and O–H groups in total. The van der Waals surface area contributed by atoms with E-state index in [9.17, 15) is 52.7 Å². The van der Waals surface area contributed by atoms with Gasteiger partial charge in [-0.3, -0.25) is 0 Å². The zero-order chi connectivity index (χ0) is 21.7. The zero-order valence-corrected chi connectivity index (χ0v) is 13.0.